The van der Waals surface area contributed by atoms with Gasteiger partial charge in [0.15, 0.2) is 5.78 Å². The van der Waals surface area contributed by atoms with Crippen LogP contribution in [0.15, 0.2) is 30.3 Å². The van der Waals surface area contributed by atoms with E-state index in [4.69, 9.17) is 0 Å². The van der Waals surface area contributed by atoms with Gasteiger partial charge >= 0.3 is 0 Å². The molecule has 1 aromatic rings. The van der Waals surface area contributed by atoms with Gasteiger partial charge in [-0.2, -0.15) is 0 Å². The number of hydrogen-bond acceptors (Lipinski definition) is 3. The number of ketones is 1. The van der Waals surface area contributed by atoms with E-state index in [1.54, 1.807) is 6.08 Å². The van der Waals surface area contributed by atoms with Crippen molar-refractivity contribution in [2.24, 2.45) is 5.92 Å². The first-order chi connectivity index (χ1) is 12.7. The second-order valence-electron chi connectivity index (χ2n) is 7.93. The first kappa shape index (κ1) is 17.5. The third-order valence-electron chi connectivity index (χ3n) is 5.89. The minimum absolute atomic E-state index is 0.116. The zero-order valence-electron chi connectivity index (χ0n) is 15.4. The van der Waals surface area contributed by atoms with Gasteiger partial charge in [0.05, 0.1) is 0 Å². The van der Waals surface area contributed by atoms with E-state index in [0.717, 1.165) is 49.9 Å². The highest BCUT2D eigenvalue weighted by molar-refractivity contribution is 5.99. The van der Waals surface area contributed by atoms with E-state index in [9.17, 15) is 9.59 Å². The molecule has 3 fully saturated rings. The second-order valence-corrected chi connectivity index (χ2v) is 7.93. The van der Waals surface area contributed by atoms with Crippen LogP contribution in [0.5, 0.6) is 0 Å². The van der Waals surface area contributed by atoms with Crippen molar-refractivity contribution < 1.29 is 9.59 Å². The molecule has 1 atom stereocenters. The Balaban J connectivity index is 1.34. The van der Waals surface area contributed by atoms with Gasteiger partial charge in [-0.1, -0.05) is 24.3 Å². The topological polar surface area (TPSA) is 40.6 Å². The van der Waals surface area contributed by atoms with Crippen LogP contribution in [-0.2, 0) is 4.79 Å². The van der Waals surface area contributed by atoms with Gasteiger partial charge in [-0.3, -0.25) is 9.59 Å². The summed E-state index contributed by atoms with van der Waals surface area (Å²) in [5, 5.41) is 0. The summed E-state index contributed by atoms with van der Waals surface area (Å²) >= 11 is 0. The lowest BCUT2D eigenvalue weighted by Gasteiger charge is -2.27. The fraction of sp³-hybridized carbons (Fsp3) is 0.545. The summed E-state index contributed by atoms with van der Waals surface area (Å²) in [6.45, 7) is 4.26. The maximum atomic E-state index is 12.6. The molecule has 0 N–H and O–H groups in total. The van der Waals surface area contributed by atoms with Crippen LogP contribution < -0.4 is 0 Å². The molecule has 1 amide bonds. The van der Waals surface area contributed by atoms with Crippen LogP contribution in [0, 0.1) is 5.92 Å². The van der Waals surface area contributed by atoms with Crippen molar-refractivity contribution in [3.63, 3.8) is 0 Å². The number of benzene rings is 1. The van der Waals surface area contributed by atoms with Crippen LogP contribution >= 0.6 is 0 Å². The van der Waals surface area contributed by atoms with Gasteiger partial charge in [0, 0.05) is 36.7 Å². The number of nitrogens with zero attached hydrogens (tertiary/aromatic N) is 2. The highest BCUT2D eigenvalue weighted by atomic mass is 16.2. The van der Waals surface area contributed by atoms with Gasteiger partial charge in [-0.25, -0.2) is 0 Å². The number of Topliss-reactive ketones (excluding diaryl/α,β-unsaturated/α-hetero) is 1. The summed E-state index contributed by atoms with van der Waals surface area (Å²) in [4.78, 5) is 29.2. The Kier molecular flexibility index (Phi) is 5.21. The lowest BCUT2D eigenvalue weighted by Crippen LogP contribution is -2.41. The molecule has 3 aliphatic rings. The number of rotatable bonds is 6. The second kappa shape index (κ2) is 7.75. The Labute approximate surface area is 155 Å². The number of carbonyl (C=O) groups is 2. The Morgan fingerprint density at radius 3 is 2.38 bits per heavy atom. The number of hydrogen-bond donors (Lipinski definition) is 0. The van der Waals surface area contributed by atoms with Crippen LogP contribution in [0.1, 0.15) is 54.4 Å². The first-order valence-corrected chi connectivity index (χ1v) is 10.1. The highest BCUT2D eigenvalue weighted by Crippen LogP contribution is 2.32. The van der Waals surface area contributed by atoms with E-state index in [2.05, 4.69) is 4.90 Å². The predicted octanol–water partition coefficient (Wildman–Crippen LogP) is 3.38. The predicted molar refractivity (Wildman–Crippen MR) is 103 cm³/mol. The first-order valence-electron chi connectivity index (χ1n) is 10.1. The van der Waals surface area contributed by atoms with Crippen LogP contribution in [0.25, 0.3) is 6.08 Å². The summed E-state index contributed by atoms with van der Waals surface area (Å²) in [5.41, 5.74) is 1.77. The maximum absolute atomic E-state index is 12.6. The van der Waals surface area contributed by atoms with Crippen LogP contribution in [-0.4, -0.2) is 53.7 Å². The molecular weight excluding hydrogens is 324 g/mol. The fourth-order valence-corrected chi connectivity index (χ4v) is 4.18. The molecule has 2 heterocycles. The lowest BCUT2D eigenvalue weighted by atomic mass is 10.0. The number of carbonyl (C=O) groups excluding carboxylic acids is 2. The maximum Gasteiger partial charge on any atom is 0.246 e. The third kappa shape index (κ3) is 4.07. The quantitative estimate of drug-likeness (QED) is 0.582. The van der Waals surface area contributed by atoms with E-state index < -0.39 is 0 Å². The normalized spacial score (nSPS) is 23.8. The van der Waals surface area contributed by atoms with Crippen molar-refractivity contribution in [3.8, 4) is 0 Å². The molecule has 138 valence electrons. The monoisotopic (exact) mass is 352 g/mol. The van der Waals surface area contributed by atoms with Gasteiger partial charge in [0.1, 0.15) is 0 Å². The molecule has 0 aromatic heterocycles. The largest absolute Gasteiger partial charge is 0.335 e. The van der Waals surface area contributed by atoms with E-state index in [1.807, 2.05) is 35.2 Å². The van der Waals surface area contributed by atoms with Crippen LogP contribution in [0.3, 0.4) is 0 Å². The number of likely N-dealkylation sites (tertiary alicyclic amines) is 2. The standard InChI is InChI=1S/C22H28N2O2/c25-21(24-15-3-4-20(24)16-23-13-1-2-14-23)12-7-17-5-8-18(9-6-17)22(26)19-10-11-19/h5-9,12,19-20H,1-4,10-11,13-16H2/t20-/m0/s1. The van der Waals surface area contributed by atoms with Gasteiger partial charge in [-0.05, 0) is 63.3 Å². The Morgan fingerprint density at radius 1 is 0.962 bits per heavy atom. The van der Waals surface area contributed by atoms with Crippen molar-refractivity contribution in [1.29, 1.82) is 0 Å². The number of amides is 1. The molecule has 4 rings (SSSR count). The molecule has 2 saturated heterocycles. The van der Waals surface area contributed by atoms with Crippen molar-refractivity contribution in [3.05, 3.63) is 41.5 Å². The van der Waals surface area contributed by atoms with Gasteiger partial charge in [0.25, 0.3) is 0 Å². The molecular formula is C22H28N2O2. The van der Waals surface area contributed by atoms with Gasteiger partial charge in [0.2, 0.25) is 5.91 Å². The summed E-state index contributed by atoms with van der Waals surface area (Å²) < 4.78 is 0. The zero-order chi connectivity index (χ0) is 17.9. The summed E-state index contributed by atoms with van der Waals surface area (Å²) in [6, 6.07) is 8.01. The molecule has 0 unspecified atom stereocenters. The van der Waals surface area contributed by atoms with Crippen molar-refractivity contribution in [1.82, 2.24) is 9.80 Å². The lowest BCUT2D eigenvalue weighted by molar-refractivity contribution is -0.127. The smallest absolute Gasteiger partial charge is 0.246 e. The van der Waals surface area contributed by atoms with E-state index in [1.165, 1.54) is 25.9 Å². The minimum atomic E-state index is 0.116. The summed E-state index contributed by atoms with van der Waals surface area (Å²) in [7, 11) is 0. The van der Waals surface area contributed by atoms with Gasteiger partial charge in [-0.15, -0.1) is 0 Å². The fourth-order valence-electron chi connectivity index (χ4n) is 4.18. The Bertz CT molecular complexity index is 685. The van der Waals surface area contributed by atoms with Crippen LogP contribution in [0.4, 0.5) is 0 Å². The molecule has 1 aliphatic carbocycles. The summed E-state index contributed by atoms with van der Waals surface area (Å²) in [6.07, 6.45) is 10.4. The third-order valence-corrected chi connectivity index (χ3v) is 5.89. The van der Waals surface area contributed by atoms with Crippen molar-refractivity contribution >= 4 is 17.8 Å². The van der Waals surface area contributed by atoms with E-state index in [-0.39, 0.29) is 17.6 Å². The molecule has 2 aliphatic heterocycles. The van der Waals surface area contributed by atoms with E-state index >= 15 is 0 Å². The molecule has 1 saturated carbocycles. The Morgan fingerprint density at radius 2 is 1.69 bits per heavy atom. The summed E-state index contributed by atoms with van der Waals surface area (Å²) in [5.74, 6) is 0.629. The zero-order valence-corrected chi connectivity index (χ0v) is 15.4. The molecule has 1 aromatic carbocycles. The molecule has 0 spiro atoms. The van der Waals surface area contributed by atoms with Crippen LogP contribution in [0.2, 0.25) is 0 Å². The highest BCUT2D eigenvalue weighted by Gasteiger charge is 2.30. The molecule has 4 heteroatoms. The SMILES string of the molecule is O=C(c1ccc(C=CC(=O)N2CCC[C@H]2CN2CCCC2)cc1)C1CC1. The molecule has 0 bridgehead atoms. The van der Waals surface area contributed by atoms with Crippen molar-refractivity contribution in [2.45, 2.75) is 44.6 Å². The molecule has 26 heavy (non-hydrogen) atoms. The molecule has 4 nitrogen and oxygen atoms in total. The average molecular weight is 352 g/mol. The minimum Gasteiger partial charge on any atom is -0.335 e. The Hall–Kier alpha value is -1.94. The van der Waals surface area contributed by atoms with Gasteiger partial charge < -0.3 is 9.80 Å². The van der Waals surface area contributed by atoms with E-state index in [0.29, 0.717) is 6.04 Å². The average Bonchev–Trinajstić information content (AvgIpc) is 3.19. The van der Waals surface area contributed by atoms with Crippen molar-refractivity contribution in [2.75, 3.05) is 26.2 Å². The molecule has 0 radical (unpaired) electrons.